The Hall–Kier alpha value is -3.27. The van der Waals surface area contributed by atoms with Crippen molar-refractivity contribution in [3.63, 3.8) is 0 Å². The van der Waals surface area contributed by atoms with Crippen LogP contribution in [0.4, 0.5) is 11.4 Å². The number of ether oxygens (including phenoxy) is 1. The number of hydrogen-bond donors (Lipinski definition) is 2. The van der Waals surface area contributed by atoms with Crippen LogP contribution in [-0.4, -0.2) is 26.2 Å². The van der Waals surface area contributed by atoms with Crippen molar-refractivity contribution >= 4 is 17.3 Å². The summed E-state index contributed by atoms with van der Waals surface area (Å²) in [5, 5.41) is 6.98. The van der Waals surface area contributed by atoms with E-state index in [1.807, 2.05) is 6.92 Å². The molecule has 0 saturated heterocycles. The molecule has 1 saturated carbocycles. The quantitative estimate of drug-likeness (QED) is 0.331. The third-order valence-corrected chi connectivity index (χ3v) is 6.55. The molecule has 3 aromatic rings. The van der Waals surface area contributed by atoms with Crippen LogP contribution in [0.1, 0.15) is 48.2 Å². The van der Waals surface area contributed by atoms with E-state index in [9.17, 15) is 4.79 Å². The van der Waals surface area contributed by atoms with E-state index < -0.39 is 0 Å². The third-order valence-electron chi connectivity index (χ3n) is 6.55. The zero-order valence-corrected chi connectivity index (χ0v) is 21.0. The second-order valence-electron chi connectivity index (χ2n) is 9.86. The number of nitrogens with one attached hydrogen (secondary N) is 2. The van der Waals surface area contributed by atoms with Gasteiger partial charge in [0.15, 0.2) is 0 Å². The Bertz CT molecular complexity index is 1140. The fourth-order valence-electron chi connectivity index (χ4n) is 4.37. The number of carbonyl (C=O) groups is 1. The number of rotatable bonds is 9. The Labute approximate surface area is 203 Å². The van der Waals surface area contributed by atoms with E-state index in [0.29, 0.717) is 11.5 Å². The minimum Gasteiger partial charge on any atom is -0.465 e. The molecule has 2 N–H and O–H groups in total. The molecule has 0 spiro atoms. The topological polar surface area (TPSA) is 50.4 Å². The molecule has 34 heavy (non-hydrogen) atoms. The van der Waals surface area contributed by atoms with E-state index in [1.54, 1.807) is 0 Å². The first kappa shape index (κ1) is 23.9. The van der Waals surface area contributed by atoms with Crippen LogP contribution in [-0.2, 0) is 4.74 Å². The molecule has 0 amide bonds. The zero-order valence-electron chi connectivity index (χ0n) is 21.0. The molecular formula is C30H36N2O2. The highest BCUT2D eigenvalue weighted by molar-refractivity contribution is 6.02. The van der Waals surface area contributed by atoms with Gasteiger partial charge in [0, 0.05) is 24.5 Å². The lowest BCUT2D eigenvalue weighted by Crippen LogP contribution is -2.09. The van der Waals surface area contributed by atoms with E-state index in [0.717, 1.165) is 63.8 Å². The third kappa shape index (κ3) is 5.44. The van der Waals surface area contributed by atoms with Gasteiger partial charge < -0.3 is 15.4 Å². The highest BCUT2D eigenvalue weighted by atomic mass is 16.5. The molecule has 0 aliphatic heterocycles. The Morgan fingerprint density at radius 3 is 2.09 bits per heavy atom. The molecule has 3 aromatic carbocycles. The van der Waals surface area contributed by atoms with Crippen LogP contribution in [0.2, 0.25) is 0 Å². The number of methoxy groups -OCH3 is 1. The van der Waals surface area contributed by atoms with Crippen molar-refractivity contribution in [3.8, 4) is 22.3 Å². The largest absolute Gasteiger partial charge is 0.465 e. The predicted molar refractivity (Wildman–Crippen MR) is 143 cm³/mol. The predicted octanol–water partition coefficient (Wildman–Crippen LogP) is 7.31. The summed E-state index contributed by atoms with van der Waals surface area (Å²) in [5.41, 5.74) is 8.96. The van der Waals surface area contributed by atoms with E-state index >= 15 is 0 Å². The minimum atomic E-state index is -0.304. The molecule has 178 valence electrons. The summed E-state index contributed by atoms with van der Waals surface area (Å²) >= 11 is 0. The molecule has 0 unspecified atom stereocenters. The van der Waals surface area contributed by atoms with Gasteiger partial charge >= 0.3 is 5.97 Å². The summed E-state index contributed by atoms with van der Waals surface area (Å²) in [7, 11) is 1.45. The molecule has 1 aliphatic rings. The first-order valence-corrected chi connectivity index (χ1v) is 12.3. The molecule has 0 aromatic heterocycles. The van der Waals surface area contributed by atoms with Crippen molar-refractivity contribution in [1.29, 1.82) is 0 Å². The molecule has 4 rings (SSSR count). The highest BCUT2D eigenvalue weighted by Gasteiger charge is 2.23. The summed E-state index contributed by atoms with van der Waals surface area (Å²) in [6.45, 7) is 10.4. The fraction of sp³-hybridized carbons (Fsp3) is 0.367. The fourth-order valence-corrected chi connectivity index (χ4v) is 4.37. The first-order valence-electron chi connectivity index (χ1n) is 12.3. The van der Waals surface area contributed by atoms with Gasteiger partial charge in [-0.15, -0.1) is 0 Å². The summed E-state index contributed by atoms with van der Waals surface area (Å²) in [4.78, 5) is 13.0. The SMILES string of the molecule is COC(=O)c1c(C)c(-c2ccc(NCC3CC3)cc2)cc(C)c1-c1ccc(NCC(C)C)cc1. The van der Waals surface area contributed by atoms with Gasteiger partial charge in [0.1, 0.15) is 0 Å². The number of esters is 1. The van der Waals surface area contributed by atoms with E-state index in [2.05, 4.69) is 86.0 Å². The van der Waals surface area contributed by atoms with Crippen LogP contribution in [0.5, 0.6) is 0 Å². The molecule has 0 bridgehead atoms. The molecule has 1 fully saturated rings. The van der Waals surface area contributed by atoms with Crippen molar-refractivity contribution < 1.29 is 9.53 Å². The molecule has 0 atom stereocenters. The number of carbonyl (C=O) groups excluding carboxylic acids is 1. The summed E-state index contributed by atoms with van der Waals surface area (Å²) in [6, 6.07) is 19.0. The second-order valence-corrected chi connectivity index (χ2v) is 9.86. The van der Waals surface area contributed by atoms with E-state index in [-0.39, 0.29) is 5.97 Å². The number of hydrogen-bond acceptors (Lipinski definition) is 4. The number of anilines is 2. The van der Waals surface area contributed by atoms with Gasteiger partial charge in [0.05, 0.1) is 12.7 Å². The maximum atomic E-state index is 13.0. The summed E-state index contributed by atoms with van der Waals surface area (Å²) in [6.07, 6.45) is 2.67. The van der Waals surface area contributed by atoms with Gasteiger partial charge in [-0.05, 0) is 96.2 Å². The van der Waals surface area contributed by atoms with Crippen LogP contribution in [0.15, 0.2) is 54.6 Å². The van der Waals surface area contributed by atoms with Gasteiger partial charge in [-0.2, -0.15) is 0 Å². The Kier molecular flexibility index (Phi) is 7.26. The lowest BCUT2D eigenvalue weighted by molar-refractivity contribution is 0.0601. The second kappa shape index (κ2) is 10.3. The lowest BCUT2D eigenvalue weighted by Gasteiger charge is -2.19. The standard InChI is InChI=1S/C30H36N2O2/c1-19(2)17-31-25-14-10-24(11-15-25)28-20(3)16-27(21(4)29(28)30(33)34-5)23-8-12-26(13-9-23)32-18-22-6-7-22/h8-16,19,22,31-32H,6-7,17-18H2,1-5H3. The van der Waals surface area contributed by atoms with Gasteiger partial charge in [-0.3, -0.25) is 0 Å². The van der Waals surface area contributed by atoms with Crippen LogP contribution in [0.25, 0.3) is 22.3 Å². The Morgan fingerprint density at radius 2 is 1.53 bits per heavy atom. The summed E-state index contributed by atoms with van der Waals surface area (Å²) in [5.74, 6) is 1.10. The molecule has 4 heteroatoms. The average molecular weight is 457 g/mol. The van der Waals surface area contributed by atoms with Crippen molar-refractivity contribution in [2.45, 2.75) is 40.5 Å². The monoisotopic (exact) mass is 456 g/mol. The van der Waals surface area contributed by atoms with Gasteiger partial charge in [-0.1, -0.05) is 44.2 Å². The maximum Gasteiger partial charge on any atom is 0.338 e. The van der Waals surface area contributed by atoms with Crippen molar-refractivity contribution in [3.05, 3.63) is 71.3 Å². The molecule has 0 heterocycles. The van der Waals surface area contributed by atoms with Crippen LogP contribution >= 0.6 is 0 Å². The van der Waals surface area contributed by atoms with Crippen molar-refractivity contribution in [2.24, 2.45) is 11.8 Å². The number of aryl methyl sites for hydroxylation is 1. The van der Waals surface area contributed by atoms with Crippen LogP contribution in [0, 0.1) is 25.7 Å². The minimum absolute atomic E-state index is 0.304. The maximum absolute atomic E-state index is 13.0. The molecule has 0 radical (unpaired) electrons. The van der Waals surface area contributed by atoms with Gasteiger partial charge in [0.25, 0.3) is 0 Å². The van der Waals surface area contributed by atoms with E-state index in [4.69, 9.17) is 4.74 Å². The van der Waals surface area contributed by atoms with Gasteiger partial charge in [0.2, 0.25) is 0 Å². The molecule has 4 nitrogen and oxygen atoms in total. The number of benzene rings is 3. The van der Waals surface area contributed by atoms with Crippen LogP contribution in [0.3, 0.4) is 0 Å². The van der Waals surface area contributed by atoms with Crippen LogP contribution < -0.4 is 10.6 Å². The van der Waals surface area contributed by atoms with Crippen molar-refractivity contribution in [1.82, 2.24) is 0 Å². The normalized spacial score (nSPS) is 13.1. The van der Waals surface area contributed by atoms with E-state index in [1.165, 1.54) is 20.0 Å². The lowest BCUT2D eigenvalue weighted by atomic mass is 9.86. The smallest absolute Gasteiger partial charge is 0.338 e. The Morgan fingerprint density at radius 1 is 0.941 bits per heavy atom. The first-order chi connectivity index (χ1) is 16.4. The van der Waals surface area contributed by atoms with Gasteiger partial charge in [-0.25, -0.2) is 4.79 Å². The molecule has 1 aliphatic carbocycles. The zero-order chi connectivity index (χ0) is 24.2. The average Bonchev–Trinajstić information content (AvgIpc) is 3.67. The summed E-state index contributed by atoms with van der Waals surface area (Å²) < 4.78 is 5.23. The highest BCUT2D eigenvalue weighted by Crippen LogP contribution is 2.37. The Balaban J connectivity index is 1.68. The van der Waals surface area contributed by atoms with Crippen molar-refractivity contribution in [2.75, 3.05) is 30.8 Å². The molecular weight excluding hydrogens is 420 g/mol.